The van der Waals surface area contributed by atoms with Crippen LogP contribution in [0.25, 0.3) is 11.0 Å². The van der Waals surface area contributed by atoms with Crippen LogP contribution in [0, 0.1) is 5.92 Å². The fourth-order valence-electron chi connectivity index (χ4n) is 6.09. The minimum atomic E-state index is -0.346. The van der Waals surface area contributed by atoms with Crippen LogP contribution in [-0.4, -0.2) is 57.7 Å². The van der Waals surface area contributed by atoms with Crippen molar-refractivity contribution in [2.24, 2.45) is 5.92 Å². The van der Waals surface area contributed by atoms with Gasteiger partial charge in [0.15, 0.2) is 0 Å². The largest absolute Gasteiger partial charge is 0.452 e. The molecule has 2 aromatic heterocycles. The van der Waals surface area contributed by atoms with Gasteiger partial charge in [0.1, 0.15) is 5.82 Å². The number of aliphatic hydroxyl groups excluding tert-OH is 1. The summed E-state index contributed by atoms with van der Waals surface area (Å²) in [5.74, 6) is 1.38. The van der Waals surface area contributed by atoms with Crippen LogP contribution < -0.4 is 15.8 Å². The van der Waals surface area contributed by atoms with Crippen LogP contribution in [0.3, 0.4) is 0 Å². The number of nitrogens with one attached hydrogen (secondary N) is 1. The number of methoxy groups -OCH3 is 1. The molecule has 2 N–H and O–H groups in total. The summed E-state index contributed by atoms with van der Waals surface area (Å²) in [5, 5.41) is 13.2. The van der Waals surface area contributed by atoms with Crippen LogP contribution in [-0.2, 0) is 30.7 Å². The summed E-state index contributed by atoms with van der Waals surface area (Å²) in [6, 6.07) is 9.84. The normalized spacial score (nSPS) is 21.4. The number of aliphatic hydroxyl groups is 1. The highest BCUT2D eigenvalue weighted by molar-refractivity contribution is 5.95. The number of hydrogen-bond donors (Lipinski definition) is 2. The number of aryl methyl sites for hydroxylation is 3. The van der Waals surface area contributed by atoms with E-state index in [0.717, 1.165) is 79.7 Å². The number of carbonyl (C=O) groups is 1. The molecule has 9 nitrogen and oxygen atoms in total. The number of rotatable bonds is 8. The third kappa shape index (κ3) is 5.35. The van der Waals surface area contributed by atoms with Crippen molar-refractivity contribution >= 4 is 22.8 Å². The summed E-state index contributed by atoms with van der Waals surface area (Å²) >= 11 is 0. The van der Waals surface area contributed by atoms with Crippen molar-refractivity contribution < 1.29 is 14.6 Å². The van der Waals surface area contributed by atoms with Crippen LogP contribution >= 0.6 is 0 Å². The summed E-state index contributed by atoms with van der Waals surface area (Å²) < 4.78 is 9.08. The molecule has 5 rings (SSSR count). The maximum atomic E-state index is 12.6. The molecule has 0 spiro atoms. The first-order chi connectivity index (χ1) is 18.5. The van der Waals surface area contributed by atoms with Crippen LogP contribution in [0.4, 0.5) is 10.5 Å². The van der Waals surface area contributed by atoms with Crippen molar-refractivity contribution in [2.75, 3.05) is 25.2 Å². The van der Waals surface area contributed by atoms with Gasteiger partial charge < -0.3 is 24.3 Å². The Balaban J connectivity index is 1.43. The fourth-order valence-corrected chi connectivity index (χ4v) is 6.09. The standard InChI is InChI=1S/C29H39N5O4/c1-20-6-11-23-24(34(20)29(37)38-2)12-13-25-28(23)31-26(14-17-32-16-4-3-5-27(32)36)33(25)18-15-30-22-9-7-21(19-35)8-10-22/h3-5,12-13,16,20-22,30,35H,6-11,14-15,17-19H2,1-2H3/t20-,21-,22-/m0/s1. The number of benzene rings is 1. The second-order valence-electron chi connectivity index (χ2n) is 10.7. The first-order valence-corrected chi connectivity index (χ1v) is 13.9. The summed E-state index contributed by atoms with van der Waals surface area (Å²) in [6.45, 7) is 4.48. The number of ether oxygens (including phenoxy) is 1. The van der Waals surface area contributed by atoms with Gasteiger partial charge in [0.05, 0.1) is 23.8 Å². The summed E-state index contributed by atoms with van der Waals surface area (Å²) in [4.78, 5) is 31.8. The fraction of sp³-hybridized carbons (Fsp3) is 0.552. The molecule has 1 saturated carbocycles. The van der Waals surface area contributed by atoms with Gasteiger partial charge in [0.2, 0.25) is 0 Å². The number of carbonyl (C=O) groups excluding carboxylic acids is 1. The highest BCUT2D eigenvalue weighted by Gasteiger charge is 2.31. The predicted molar refractivity (Wildman–Crippen MR) is 148 cm³/mol. The molecule has 0 saturated heterocycles. The van der Waals surface area contributed by atoms with Crippen molar-refractivity contribution in [2.45, 2.75) is 77.0 Å². The zero-order valence-corrected chi connectivity index (χ0v) is 22.4. The van der Waals surface area contributed by atoms with E-state index in [0.29, 0.717) is 24.9 Å². The third-order valence-corrected chi connectivity index (χ3v) is 8.31. The Bertz CT molecular complexity index is 1320. The van der Waals surface area contributed by atoms with E-state index in [1.54, 1.807) is 21.6 Å². The molecule has 2 aliphatic rings. The molecule has 38 heavy (non-hydrogen) atoms. The molecular weight excluding hydrogens is 482 g/mol. The first kappa shape index (κ1) is 26.4. The Labute approximate surface area is 223 Å². The molecule has 0 radical (unpaired) electrons. The van der Waals surface area contributed by atoms with Crippen molar-refractivity contribution in [3.63, 3.8) is 0 Å². The van der Waals surface area contributed by atoms with Gasteiger partial charge in [-0.3, -0.25) is 9.69 Å². The number of pyridine rings is 1. The molecule has 1 aliphatic carbocycles. The number of amides is 1. The van der Waals surface area contributed by atoms with Gasteiger partial charge in [-0.1, -0.05) is 6.07 Å². The van der Waals surface area contributed by atoms with Crippen LogP contribution in [0.1, 0.15) is 50.4 Å². The van der Waals surface area contributed by atoms with Crippen LogP contribution in [0.5, 0.6) is 0 Å². The maximum Gasteiger partial charge on any atom is 0.414 e. The molecule has 1 amide bonds. The Hall–Kier alpha value is -3.17. The smallest absolute Gasteiger partial charge is 0.414 e. The van der Waals surface area contributed by atoms with Crippen molar-refractivity contribution in [1.82, 2.24) is 19.4 Å². The van der Waals surface area contributed by atoms with Gasteiger partial charge in [-0.05, 0) is 69.6 Å². The summed E-state index contributed by atoms with van der Waals surface area (Å²) in [7, 11) is 1.42. The minimum absolute atomic E-state index is 0.0182. The molecule has 0 bridgehead atoms. The number of fused-ring (bicyclic) bond motifs is 3. The molecule has 1 fully saturated rings. The van der Waals surface area contributed by atoms with Crippen molar-refractivity contribution in [1.29, 1.82) is 0 Å². The second kappa shape index (κ2) is 11.7. The number of nitrogens with zero attached hydrogens (tertiary/aromatic N) is 4. The molecule has 1 aromatic carbocycles. The lowest BCUT2D eigenvalue weighted by atomic mass is 9.86. The predicted octanol–water partition coefficient (Wildman–Crippen LogP) is 3.49. The number of anilines is 1. The van der Waals surface area contributed by atoms with Gasteiger partial charge in [-0.2, -0.15) is 0 Å². The second-order valence-corrected chi connectivity index (χ2v) is 10.7. The molecule has 204 valence electrons. The zero-order valence-electron chi connectivity index (χ0n) is 22.4. The van der Waals surface area contributed by atoms with E-state index in [-0.39, 0.29) is 24.3 Å². The zero-order chi connectivity index (χ0) is 26.6. The molecular formula is C29H39N5O4. The van der Waals surface area contributed by atoms with Gasteiger partial charge >= 0.3 is 6.09 Å². The van der Waals surface area contributed by atoms with Gasteiger partial charge in [0, 0.05) is 62.6 Å². The van der Waals surface area contributed by atoms with Crippen LogP contribution in [0.15, 0.2) is 41.3 Å². The lowest BCUT2D eigenvalue weighted by Crippen LogP contribution is -2.42. The highest BCUT2D eigenvalue weighted by Crippen LogP contribution is 2.36. The van der Waals surface area contributed by atoms with E-state index >= 15 is 0 Å². The summed E-state index contributed by atoms with van der Waals surface area (Å²) in [6.07, 6.45) is 8.12. The third-order valence-electron chi connectivity index (χ3n) is 8.31. The van der Waals surface area contributed by atoms with Crippen LogP contribution in [0.2, 0.25) is 0 Å². The number of aromatic nitrogens is 3. The highest BCUT2D eigenvalue weighted by atomic mass is 16.5. The van der Waals surface area contributed by atoms with Gasteiger partial charge in [-0.15, -0.1) is 0 Å². The topological polar surface area (TPSA) is 102 Å². The van der Waals surface area contributed by atoms with E-state index < -0.39 is 0 Å². The van der Waals surface area contributed by atoms with Gasteiger partial charge in [0.25, 0.3) is 5.56 Å². The average molecular weight is 522 g/mol. The van der Waals surface area contributed by atoms with E-state index in [1.807, 2.05) is 25.3 Å². The number of hydrogen-bond acceptors (Lipinski definition) is 6. The molecule has 3 heterocycles. The Morgan fingerprint density at radius 2 is 1.95 bits per heavy atom. The van der Waals surface area contributed by atoms with Crippen molar-refractivity contribution in [3.8, 4) is 0 Å². The Morgan fingerprint density at radius 1 is 1.13 bits per heavy atom. The quantitative estimate of drug-likeness (QED) is 0.471. The minimum Gasteiger partial charge on any atom is -0.452 e. The SMILES string of the molecule is COC(=O)N1c2ccc3c(nc(CCn4ccccc4=O)n3CCN[C@H]3CC[C@H](CO)CC3)c2CC[C@@H]1C. The van der Waals surface area contributed by atoms with E-state index in [2.05, 4.69) is 16.0 Å². The molecule has 1 atom stereocenters. The Morgan fingerprint density at radius 3 is 2.68 bits per heavy atom. The number of imidazole rings is 1. The molecule has 1 aliphatic heterocycles. The lowest BCUT2D eigenvalue weighted by Gasteiger charge is -2.34. The molecule has 9 heteroatoms. The molecule has 0 unspecified atom stereocenters. The van der Waals surface area contributed by atoms with Gasteiger partial charge in [-0.25, -0.2) is 9.78 Å². The van der Waals surface area contributed by atoms with E-state index in [4.69, 9.17) is 9.72 Å². The Kier molecular flexibility index (Phi) is 8.14. The maximum absolute atomic E-state index is 12.6. The lowest BCUT2D eigenvalue weighted by molar-refractivity contribution is 0.175. The van der Waals surface area contributed by atoms with E-state index in [1.165, 1.54) is 7.11 Å². The summed E-state index contributed by atoms with van der Waals surface area (Å²) in [5.41, 5.74) is 3.93. The molecule has 3 aromatic rings. The monoisotopic (exact) mass is 521 g/mol. The average Bonchev–Trinajstić information content (AvgIpc) is 3.30. The first-order valence-electron chi connectivity index (χ1n) is 13.9. The van der Waals surface area contributed by atoms with Crippen molar-refractivity contribution in [3.05, 3.63) is 58.3 Å². The van der Waals surface area contributed by atoms with E-state index in [9.17, 15) is 14.7 Å².